The molecule has 9 heteroatoms. The number of aryl methyl sites for hydroxylation is 1. The second kappa shape index (κ2) is 3.95. The number of thioether (sulfide) groups is 1. The molecule has 3 rings (SSSR count). The standard InChI is InChI=1S/C9H9N7OS/c1-4-11-3-5(17-4)6-12-8-14-9(18-2)13-7(10)16(8)15-6/h3H,1-2H3,(H2,10,12,13,14,15). The summed E-state index contributed by atoms with van der Waals surface area (Å²) in [7, 11) is 0. The van der Waals surface area contributed by atoms with Crippen LogP contribution >= 0.6 is 11.8 Å². The second-order valence-corrected chi connectivity index (χ2v) is 4.23. The van der Waals surface area contributed by atoms with Crippen LogP contribution in [0.4, 0.5) is 5.95 Å². The molecule has 8 nitrogen and oxygen atoms in total. The van der Waals surface area contributed by atoms with Gasteiger partial charge >= 0.3 is 0 Å². The van der Waals surface area contributed by atoms with E-state index in [4.69, 9.17) is 10.2 Å². The van der Waals surface area contributed by atoms with Crippen molar-refractivity contribution in [2.75, 3.05) is 12.0 Å². The highest BCUT2D eigenvalue weighted by atomic mass is 32.2. The van der Waals surface area contributed by atoms with Gasteiger partial charge in [-0.05, 0) is 6.26 Å². The third-order valence-corrected chi connectivity index (χ3v) is 2.78. The van der Waals surface area contributed by atoms with Crippen LogP contribution in [0.2, 0.25) is 0 Å². The van der Waals surface area contributed by atoms with Crippen LogP contribution in [-0.2, 0) is 0 Å². The van der Waals surface area contributed by atoms with Crippen LogP contribution in [0.3, 0.4) is 0 Å². The molecule has 0 radical (unpaired) electrons. The molecular formula is C9H9N7OS. The number of oxazole rings is 1. The third-order valence-electron chi connectivity index (χ3n) is 2.24. The lowest BCUT2D eigenvalue weighted by atomic mass is 10.5. The van der Waals surface area contributed by atoms with Gasteiger partial charge in [-0.15, -0.1) is 5.10 Å². The van der Waals surface area contributed by atoms with Crippen molar-refractivity contribution in [1.82, 2.24) is 29.5 Å². The van der Waals surface area contributed by atoms with Crippen LogP contribution in [-0.4, -0.2) is 35.8 Å². The van der Waals surface area contributed by atoms with E-state index >= 15 is 0 Å². The summed E-state index contributed by atoms with van der Waals surface area (Å²) >= 11 is 1.39. The van der Waals surface area contributed by atoms with Gasteiger partial charge in [-0.25, -0.2) is 4.98 Å². The Bertz CT molecular complexity index is 719. The van der Waals surface area contributed by atoms with Gasteiger partial charge in [-0.2, -0.15) is 19.5 Å². The topological polar surface area (TPSA) is 108 Å². The highest BCUT2D eigenvalue weighted by molar-refractivity contribution is 7.98. The average Bonchev–Trinajstić information content (AvgIpc) is 2.94. The molecule has 0 fully saturated rings. The summed E-state index contributed by atoms with van der Waals surface area (Å²) < 4.78 is 6.72. The van der Waals surface area contributed by atoms with Crippen molar-refractivity contribution in [2.24, 2.45) is 0 Å². The highest BCUT2D eigenvalue weighted by Crippen LogP contribution is 2.18. The third kappa shape index (κ3) is 1.68. The maximum absolute atomic E-state index is 5.78. The van der Waals surface area contributed by atoms with Crippen molar-refractivity contribution in [3.05, 3.63) is 12.1 Å². The molecule has 0 aliphatic heterocycles. The Hall–Kier alpha value is -2.16. The number of nitrogens with zero attached hydrogens (tertiary/aromatic N) is 6. The zero-order chi connectivity index (χ0) is 12.7. The van der Waals surface area contributed by atoms with Gasteiger partial charge in [-0.1, -0.05) is 11.8 Å². The molecule has 0 aromatic carbocycles. The molecule has 0 unspecified atom stereocenters. The number of nitrogens with two attached hydrogens (primary N) is 1. The summed E-state index contributed by atoms with van der Waals surface area (Å²) in [5.74, 6) is 2.03. The SMILES string of the molecule is CSc1nc(N)n2nc(-c3cnc(C)o3)nc2n1. The molecule has 0 bridgehead atoms. The van der Waals surface area contributed by atoms with Crippen LogP contribution in [0, 0.1) is 6.92 Å². The first-order valence-electron chi connectivity index (χ1n) is 5.04. The number of hydrogen-bond acceptors (Lipinski definition) is 8. The molecule has 0 spiro atoms. The predicted molar refractivity (Wildman–Crippen MR) is 65.0 cm³/mol. The Morgan fingerprint density at radius 2 is 2.17 bits per heavy atom. The lowest BCUT2D eigenvalue weighted by Gasteiger charge is -1.97. The van der Waals surface area contributed by atoms with Crippen molar-refractivity contribution < 1.29 is 4.42 Å². The molecule has 3 aromatic heterocycles. The van der Waals surface area contributed by atoms with E-state index in [1.54, 1.807) is 13.1 Å². The number of hydrogen-bond donors (Lipinski definition) is 1. The van der Waals surface area contributed by atoms with E-state index in [0.717, 1.165) is 0 Å². The number of rotatable bonds is 2. The smallest absolute Gasteiger partial charge is 0.258 e. The molecule has 0 aliphatic carbocycles. The largest absolute Gasteiger partial charge is 0.438 e. The van der Waals surface area contributed by atoms with Crippen LogP contribution in [0.15, 0.2) is 15.8 Å². The molecule has 3 aromatic rings. The molecule has 2 N–H and O–H groups in total. The molecule has 0 atom stereocenters. The van der Waals surface area contributed by atoms with Gasteiger partial charge in [0.15, 0.2) is 16.8 Å². The summed E-state index contributed by atoms with van der Waals surface area (Å²) in [5, 5.41) is 4.73. The van der Waals surface area contributed by atoms with Crippen molar-refractivity contribution >= 4 is 23.5 Å². The maximum Gasteiger partial charge on any atom is 0.258 e. The maximum atomic E-state index is 5.78. The fraction of sp³-hybridized carbons (Fsp3) is 0.222. The van der Waals surface area contributed by atoms with E-state index in [2.05, 4.69) is 25.0 Å². The minimum absolute atomic E-state index is 0.235. The lowest BCUT2D eigenvalue weighted by molar-refractivity contribution is 0.530. The number of fused-ring (bicyclic) bond motifs is 1. The zero-order valence-electron chi connectivity index (χ0n) is 9.65. The van der Waals surface area contributed by atoms with Gasteiger partial charge in [0.1, 0.15) is 0 Å². The molecule has 92 valence electrons. The minimum atomic E-state index is 0.235. The van der Waals surface area contributed by atoms with Crippen LogP contribution < -0.4 is 5.73 Å². The van der Waals surface area contributed by atoms with E-state index in [1.807, 2.05) is 6.26 Å². The van der Waals surface area contributed by atoms with Crippen LogP contribution in [0.1, 0.15) is 5.89 Å². The van der Waals surface area contributed by atoms with E-state index in [0.29, 0.717) is 28.4 Å². The van der Waals surface area contributed by atoms with Gasteiger partial charge < -0.3 is 10.2 Å². The number of nitrogen functional groups attached to an aromatic ring is 1. The Balaban J connectivity index is 2.19. The number of aromatic nitrogens is 6. The molecule has 0 amide bonds. The Labute approximate surface area is 106 Å². The normalized spacial score (nSPS) is 11.2. The zero-order valence-corrected chi connectivity index (χ0v) is 10.5. The molecule has 0 aliphatic rings. The molecular weight excluding hydrogens is 254 g/mol. The molecule has 18 heavy (non-hydrogen) atoms. The fourth-order valence-corrected chi connectivity index (χ4v) is 1.80. The van der Waals surface area contributed by atoms with Crippen LogP contribution in [0.25, 0.3) is 17.4 Å². The average molecular weight is 263 g/mol. The Kier molecular flexibility index (Phi) is 2.40. The summed E-state index contributed by atoms with van der Waals surface area (Å²) in [6.45, 7) is 1.75. The van der Waals surface area contributed by atoms with Gasteiger partial charge in [0.05, 0.1) is 6.20 Å². The first-order chi connectivity index (χ1) is 8.67. The van der Waals surface area contributed by atoms with Gasteiger partial charge in [-0.3, -0.25) is 0 Å². The molecule has 0 saturated heterocycles. The quantitative estimate of drug-likeness (QED) is 0.676. The summed E-state index contributed by atoms with van der Waals surface area (Å²) in [6.07, 6.45) is 3.42. The minimum Gasteiger partial charge on any atom is -0.438 e. The monoisotopic (exact) mass is 263 g/mol. The summed E-state index contributed by atoms with van der Waals surface area (Å²) in [5.41, 5.74) is 5.78. The molecule has 3 heterocycles. The second-order valence-electron chi connectivity index (χ2n) is 3.46. The summed E-state index contributed by atoms with van der Waals surface area (Å²) in [4.78, 5) is 16.5. The van der Waals surface area contributed by atoms with E-state index < -0.39 is 0 Å². The van der Waals surface area contributed by atoms with Crippen molar-refractivity contribution in [2.45, 2.75) is 12.1 Å². The van der Waals surface area contributed by atoms with Crippen LogP contribution in [0.5, 0.6) is 0 Å². The van der Waals surface area contributed by atoms with Crippen molar-refractivity contribution in [3.8, 4) is 11.6 Å². The Morgan fingerprint density at radius 1 is 1.33 bits per heavy atom. The van der Waals surface area contributed by atoms with E-state index in [-0.39, 0.29) is 5.95 Å². The molecule has 0 saturated carbocycles. The number of anilines is 1. The summed E-state index contributed by atoms with van der Waals surface area (Å²) in [6, 6.07) is 0. The van der Waals surface area contributed by atoms with E-state index in [9.17, 15) is 0 Å². The first-order valence-corrected chi connectivity index (χ1v) is 6.27. The van der Waals surface area contributed by atoms with Crippen molar-refractivity contribution in [3.63, 3.8) is 0 Å². The van der Waals surface area contributed by atoms with Gasteiger partial charge in [0.25, 0.3) is 5.78 Å². The Morgan fingerprint density at radius 3 is 2.83 bits per heavy atom. The highest BCUT2D eigenvalue weighted by Gasteiger charge is 2.14. The first kappa shape index (κ1) is 11.0. The predicted octanol–water partition coefficient (Wildman–Crippen LogP) is 0.787. The fourth-order valence-electron chi connectivity index (χ4n) is 1.45. The van der Waals surface area contributed by atoms with Gasteiger partial charge in [0, 0.05) is 6.92 Å². The van der Waals surface area contributed by atoms with Gasteiger partial charge in [0.2, 0.25) is 11.8 Å². The van der Waals surface area contributed by atoms with E-state index in [1.165, 1.54) is 16.3 Å². The lowest BCUT2D eigenvalue weighted by Crippen LogP contribution is -2.04. The van der Waals surface area contributed by atoms with Crippen molar-refractivity contribution in [1.29, 1.82) is 0 Å².